The third kappa shape index (κ3) is 3.86. The molecule has 0 unspecified atom stereocenters. The highest BCUT2D eigenvalue weighted by atomic mass is 16.6. The van der Waals surface area contributed by atoms with Crippen LogP contribution >= 0.6 is 0 Å². The average molecular weight is 256 g/mol. The van der Waals surface area contributed by atoms with Gasteiger partial charge in [0, 0.05) is 0 Å². The molecule has 4 heteroatoms. The Bertz CT molecular complexity index is 289. The molecular formula is C14H24O4. The first-order chi connectivity index (χ1) is 8.44. The average Bonchev–Trinajstić information content (AvgIpc) is 2.35. The predicted octanol–water partition coefficient (Wildman–Crippen LogP) is 2.87. The third-order valence-electron chi connectivity index (χ3n) is 2.91. The van der Waals surface area contributed by atoms with E-state index in [1.165, 1.54) is 6.92 Å². The zero-order valence-electron chi connectivity index (χ0n) is 11.9. The Morgan fingerprint density at radius 1 is 1.06 bits per heavy atom. The van der Waals surface area contributed by atoms with E-state index in [2.05, 4.69) is 6.58 Å². The van der Waals surface area contributed by atoms with Crippen LogP contribution in [0.3, 0.4) is 0 Å². The fraction of sp³-hybridized carbons (Fsp3) is 0.714. The molecule has 0 saturated carbocycles. The molecule has 0 aromatic rings. The van der Waals surface area contributed by atoms with Crippen molar-refractivity contribution in [3.63, 3.8) is 0 Å². The van der Waals surface area contributed by atoms with E-state index in [9.17, 15) is 9.59 Å². The van der Waals surface area contributed by atoms with Crippen LogP contribution in [0.15, 0.2) is 12.2 Å². The summed E-state index contributed by atoms with van der Waals surface area (Å²) >= 11 is 0. The lowest BCUT2D eigenvalue weighted by Gasteiger charge is -2.27. The van der Waals surface area contributed by atoms with Crippen molar-refractivity contribution in [1.82, 2.24) is 0 Å². The van der Waals surface area contributed by atoms with Crippen LogP contribution < -0.4 is 0 Å². The van der Waals surface area contributed by atoms with Gasteiger partial charge in [-0.15, -0.1) is 0 Å². The van der Waals surface area contributed by atoms with E-state index >= 15 is 0 Å². The second-order valence-electron chi connectivity index (χ2n) is 4.27. The van der Waals surface area contributed by atoms with Gasteiger partial charge in [0.05, 0.1) is 13.2 Å². The molecule has 0 aliphatic rings. The number of carbonyl (C=O) groups is 2. The molecule has 0 spiro atoms. The molecule has 0 N–H and O–H groups in total. The number of unbranched alkanes of at least 4 members (excludes halogenated alkanes) is 1. The third-order valence-corrected chi connectivity index (χ3v) is 2.91. The molecule has 4 nitrogen and oxygen atoms in total. The van der Waals surface area contributed by atoms with E-state index in [0.29, 0.717) is 12.0 Å². The Kier molecular flexibility index (Phi) is 7.32. The van der Waals surface area contributed by atoms with E-state index in [1.54, 1.807) is 13.8 Å². The molecule has 0 aromatic carbocycles. The topological polar surface area (TPSA) is 52.6 Å². The van der Waals surface area contributed by atoms with Gasteiger partial charge in [0.25, 0.3) is 0 Å². The van der Waals surface area contributed by atoms with Crippen molar-refractivity contribution in [2.45, 2.75) is 47.0 Å². The first-order valence-electron chi connectivity index (χ1n) is 6.47. The fourth-order valence-electron chi connectivity index (χ4n) is 1.56. The first kappa shape index (κ1) is 16.7. The number of hydrogen-bond acceptors (Lipinski definition) is 4. The van der Waals surface area contributed by atoms with Crippen LogP contribution in [0, 0.1) is 5.41 Å². The van der Waals surface area contributed by atoms with Crippen LogP contribution in [0.1, 0.15) is 47.0 Å². The van der Waals surface area contributed by atoms with Gasteiger partial charge < -0.3 is 9.47 Å². The van der Waals surface area contributed by atoms with Gasteiger partial charge in [0.15, 0.2) is 5.41 Å². The van der Waals surface area contributed by atoms with E-state index in [4.69, 9.17) is 9.47 Å². The number of carbonyl (C=O) groups excluding carboxylic acids is 2. The van der Waals surface area contributed by atoms with E-state index < -0.39 is 17.4 Å². The minimum Gasteiger partial charge on any atom is -0.465 e. The monoisotopic (exact) mass is 256 g/mol. The summed E-state index contributed by atoms with van der Waals surface area (Å²) in [6, 6.07) is 0. The van der Waals surface area contributed by atoms with Gasteiger partial charge >= 0.3 is 11.9 Å². The van der Waals surface area contributed by atoms with Crippen molar-refractivity contribution in [1.29, 1.82) is 0 Å². The molecular weight excluding hydrogens is 232 g/mol. The molecule has 0 amide bonds. The van der Waals surface area contributed by atoms with Crippen LogP contribution in [0.2, 0.25) is 0 Å². The SMILES string of the molecule is C=C(CCCC)C(C)(C(=O)OCC)C(=O)OCC. The van der Waals surface area contributed by atoms with E-state index in [1.807, 2.05) is 6.92 Å². The van der Waals surface area contributed by atoms with Crippen molar-refractivity contribution in [3.8, 4) is 0 Å². The summed E-state index contributed by atoms with van der Waals surface area (Å²) in [6.45, 7) is 11.3. The summed E-state index contributed by atoms with van der Waals surface area (Å²) < 4.78 is 9.95. The van der Waals surface area contributed by atoms with Crippen molar-refractivity contribution >= 4 is 11.9 Å². The number of hydrogen-bond donors (Lipinski definition) is 0. The molecule has 0 saturated heterocycles. The van der Waals surface area contributed by atoms with E-state index in [0.717, 1.165) is 12.8 Å². The van der Waals surface area contributed by atoms with Crippen molar-refractivity contribution in [3.05, 3.63) is 12.2 Å². The fourth-order valence-corrected chi connectivity index (χ4v) is 1.56. The second-order valence-corrected chi connectivity index (χ2v) is 4.27. The van der Waals surface area contributed by atoms with Gasteiger partial charge in [-0.25, -0.2) is 0 Å². The standard InChI is InChI=1S/C14H24O4/c1-6-9-10-11(4)14(5,12(15)17-7-2)13(16)18-8-3/h4,6-10H2,1-3,5H3. The smallest absolute Gasteiger partial charge is 0.327 e. The Hall–Kier alpha value is -1.32. The molecule has 0 radical (unpaired) electrons. The van der Waals surface area contributed by atoms with Gasteiger partial charge in [-0.3, -0.25) is 9.59 Å². The zero-order valence-corrected chi connectivity index (χ0v) is 11.9. The highest BCUT2D eigenvalue weighted by Crippen LogP contribution is 2.32. The molecule has 104 valence electrons. The van der Waals surface area contributed by atoms with Crippen LogP contribution in [-0.2, 0) is 19.1 Å². The number of ether oxygens (including phenoxy) is 2. The summed E-state index contributed by atoms with van der Waals surface area (Å²) in [4.78, 5) is 24.0. The van der Waals surface area contributed by atoms with Gasteiger partial charge in [0.2, 0.25) is 0 Å². The summed E-state index contributed by atoms with van der Waals surface area (Å²) in [6.07, 6.45) is 2.47. The predicted molar refractivity (Wildman–Crippen MR) is 70.0 cm³/mol. The highest BCUT2D eigenvalue weighted by molar-refractivity contribution is 6.02. The van der Waals surface area contributed by atoms with Crippen molar-refractivity contribution < 1.29 is 19.1 Å². The minimum atomic E-state index is -1.39. The van der Waals surface area contributed by atoms with Crippen LogP contribution in [0.4, 0.5) is 0 Å². The molecule has 0 rings (SSSR count). The number of rotatable bonds is 8. The van der Waals surface area contributed by atoms with Crippen LogP contribution in [0.25, 0.3) is 0 Å². The van der Waals surface area contributed by atoms with Crippen molar-refractivity contribution in [2.75, 3.05) is 13.2 Å². The lowest BCUT2D eigenvalue weighted by molar-refractivity contribution is -0.167. The Morgan fingerprint density at radius 3 is 1.83 bits per heavy atom. The van der Waals surface area contributed by atoms with Crippen LogP contribution in [-0.4, -0.2) is 25.2 Å². The second kappa shape index (κ2) is 7.90. The van der Waals surface area contributed by atoms with Gasteiger partial charge in [-0.05, 0) is 39.2 Å². The largest absolute Gasteiger partial charge is 0.465 e. The summed E-state index contributed by atoms with van der Waals surface area (Å²) in [5, 5.41) is 0. The molecule has 18 heavy (non-hydrogen) atoms. The molecule has 0 aromatic heterocycles. The van der Waals surface area contributed by atoms with Crippen LogP contribution in [0.5, 0.6) is 0 Å². The summed E-state index contributed by atoms with van der Waals surface area (Å²) in [5.41, 5.74) is -0.831. The normalized spacial score (nSPS) is 10.9. The Balaban J connectivity index is 5.07. The first-order valence-corrected chi connectivity index (χ1v) is 6.47. The maximum atomic E-state index is 12.0. The molecule has 0 heterocycles. The lowest BCUT2D eigenvalue weighted by Crippen LogP contribution is -2.41. The van der Waals surface area contributed by atoms with E-state index in [-0.39, 0.29) is 13.2 Å². The zero-order chi connectivity index (χ0) is 14.2. The highest BCUT2D eigenvalue weighted by Gasteiger charge is 2.46. The van der Waals surface area contributed by atoms with Crippen molar-refractivity contribution in [2.24, 2.45) is 5.41 Å². The molecule has 0 bridgehead atoms. The molecule has 0 atom stereocenters. The molecule has 0 fully saturated rings. The summed E-state index contributed by atoms with van der Waals surface area (Å²) in [5.74, 6) is -1.16. The van der Waals surface area contributed by atoms with Gasteiger partial charge in [0.1, 0.15) is 0 Å². The molecule has 0 aliphatic heterocycles. The van der Waals surface area contributed by atoms with Gasteiger partial charge in [-0.2, -0.15) is 0 Å². The maximum Gasteiger partial charge on any atom is 0.327 e. The quantitative estimate of drug-likeness (QED) is 0.380. The number of esters is 2. The Labute approximate surface area is 109 Å². The maximum absolute atomic E-state index is 12.0. The van der Waals surface area contributed by atoms with Gasteiger partial charge in [-0.1, -0.05) is 19.9 Å². The molecule has 0 aliphatic carbocycles. The minimum absolute atomic E-state index is 0.231. The lowest BCUT2D eigenvalue weighted by atomic mass is 9.80. The Morgan fingerprint density at radius 2 is 1.50 bits per heavy atom. The summed E-state index contributed by atoms with van der Waals surface area (Å²) in [7, 11) is 0.